The van der Waals surface area contributed by atoms with Gasteiger partial charge in [-0.1, -0.05) is 26.0 Å². The summed E-state index contributed by atoms with van der Waals surface area (Å²) in [5, 5.41) is 6.33. The van der Waals surface area contributed by atoms with E-state index in [1.807, 2.05) is 32.9 Å². The summed E-state index contributed by atoms with van der Waals surface area (Å²) in [6, 6.07) is 6.93. The molecule has 2 N–H and O–H groups in total. The quantitative estimate of drug-likeness (QED) is 0.734. The molecule has 1 atom stereocenters. The SMILES string of the molecule is CCOc1ccccc1C(=O)N[C@H](C(=O)NC1C2CC3CC(C2)CC1C3)C(C)C. The van der Waals surface area contributed by atoms with Gasteiger partial charge in [-0.25, -0.2) is 0 Å². The number of hydrogen-bond acceptors (Lipinski definition) is 3. The Balaban J connectivity index is 1.44. The molecule has 4 aliphatic carbocycles. The third kappa shape index (κ3) is 4.15. The number of hydrogen-bond donors (Lipinski definition) is 2. The maximum atomic E-state index is 13.2. The van der Waals surface area contributed by atoms with Crippen LogP contribution < -0.4 is 15.4 Å². The monoisotopic (exact) mass is 398 g/mol. The Morgan fingerprint density at radius 2 is 1.66 bits per heavy atom. The van der Waals surface area contributed by atoms with Gasteiger partial charge >= 0.3 is 0 Å². The topological polar surface area (TPSA) is 67.4 Å². The second-order valence-electron chi connectivity index (χ2n) is 9.59. The van der Waals surface area contributed by atoms with E-state index in [0.29, 0.717) is 29.8 Å². The number of ether oxygens (including phenoxy) is 1. The van der Waals surface area contributed by atoms with E-state index in [2.05, 4.69) is 10.6 Å². The van der Waals surface area contributed by atoms with Gasteiger partial charge in [-0.2, -0.15) is 0 Å². The van der Waals surface area contributed by atoms with Crippen LogP contribution >= 0.6 is 0 Å². The van der Waals surface area contributed by atoms with Gasteiger partial charge in [0.15, 0.2) is 0 Å². The highest BCUT2D eigenvalue weighted by molar-refractivity contribution is 5.99. The van der Waals surface area contributed by atoms with E-state index in [-0.39, 0.29) is 23.8 Å². The molecule has 5 rings (SSSR count). The Kier molecular flexibility index (Phi) is 5.84. The van der Waals surface area contributed by atoms with Crippen LogP contribution in [0.3, 0.4) is 0 Å². The normalized spacial score (nSPS) is 30.8. The van der Waals surface area contributed by atoms with Crippen molar-refractivity contribution in [2.75, 3.05) is 6.61 Å². The molecule has 5 heteroatoms. The second kappa shape index (κ2) is 8.37. The van der Waals surface area contributed by atoms with E-state index >= 15 is 0 Å². The number of carbonyl (C=O) groups excluding carboxylic acids is 2. The number of rotatable bonds is 7. The number of amides is 2. The minimum Gasteiger partial charge on any atom is -0.493 e. The van der Waals surface area contributed by atoms with Gasteiger partial charge < -0.3 is 15.4 Å². The Labute approximate surface area is 174 Å². The van der Waals surface area contributed by atoms with Crippen molar-refractivity contribution in [1.29, 1.82) is 0 Å². The fourth-order valence-electron chi connectivity index (χ4n) is 6.10. The molecule has 0 saturated heterocycles. The lowest BCUT2D eigenvalue weighted by atomic mass is 9.54. The molecule has 4 aliphatic rings. The smallest absolute Gasteiger partial charge is 0.255 e. The van der Waals surface area contributed by atoms with Crippen molar-refractivity contribution >= 4 is 11.8 Å². The van der Waals surface area contributed by atoms with Crippen LogP contribution in [0.25, 0.3) is 0 Å². The van der Waals surface area contributed by atoms with Gasteiger partial charge in [-0.3, -0.25) is 9.59 Å². The van der Waals surface area contributed by atoms with Crippen LogP contribution in [0.4, 0.5) is 0 Å². The fourth-order valence-corrected chi connectivity index (χ4v) is 6.10. The first-order valence-electron chi connectivity index (χ1n) is 11.3. The van der Waals surface area contributed by atoms with Crippen molar-refractivity contribution in [3.8, 4) is 5.75 Å². The molecule has 0 unspecified atom stereocenters. The zero-order valence-corrected chi connectivity index (χ0v) is 17.8. The molecule has 1 aromatic rings. The van der Waals surface area contributed by atoms with Crippen LogP contribution in [0.5, 0.6) is 5.75 Å². The molecule has 158 valence electrons. The Morgan fingerprint density at radius 3 is 2.24 bits per heavy atom. The lowest BCUT2D eigenvalue weighted by molar-refractivity contribution is -0.127. The molecule has 0 aliphatic heterocycles. The summed E-state index contributed by atoms with van der Waals surface area (Å²) in [6.07, 6.45) is 6.45. The standard InChI is InChI=1S/C24H34N2O3/c1-4-29-20-8-6-5-7-19(20)23(27)25-21(14(2)3)24(28)26-22-17-10-15-9-16(12-17)13-18(22)11-15/h5-8,14-18,21-22H,4,9-13H2,1-3H3,(H,25,27)(H,26,28)/t15?,16?,17?,18?,21-,22?/m0/s1. The average molecular weight is 399 g/mol. The summed E-state index contributed by atoms with van der Waals surface area (Å²) in [4.78, 5) is 26.1. The first-order valence-corrected chi connectivity index (χ1v) is 11.3. The summed E-state index contributed by atoms with van der Waals surface area (Å²) in [7, 11) is 0. The molecular weight excluding hydrogens is 364 g/mol. The number of benzene rings is 1. The summed E-state index contributed by atoms with van der Waals surface area (Å²) >= 11 is 0. The zero-order chi connectivity index (χ0) is 20.5. The van der Waals surface area contributed by atoms with Crippen LogP contribution in [0.15, 0.2) is 24.3 Å². The molecular formula is C24H34N2O3. The maximum Gasteiger partial charge on any atom is 0.255 e. The lowest BCUT2D eigenvalue weighted by Crippen LogP contribution is -2.59. The molecule has 29 heavy (non-hydrogen) atoms. The zero-order valence-electron chi connectivity index (χ0n) is 17.8. The van der Waals surface area contributed by atoms with E-state index in [0.717, 1.165) is 11.8 Å². The minimum absolute atomic E-state index is 0.00930. The van der Waals surface area contributed by atoms with Crippen LogP contribution in [-0.4, -0.2) is 30.5 Å². The van der Waals surface area contributed by atoms with Crippen molar-refractivity contribution < 1.29 is 14.3 Å². The van der Waals surface area contributed by atoms with Crippen molar-refractivity contribution in [2.24, 2.45) is 29.6 Å². The van der Waals surface area contributed by atoms with Gasteiger partial charge in [0, 0.05) is 6.04 Å². The average Bonchev–Trinajstić information content (AvgIpc) is 2.68. The first kappa shape index (κ1) is 20.2. The van der Waals surface area contributed by atoms with Crippen molar-refractivity contribution in [2.45, 2.75) is 65.0 Å². The second-order valence-corrected chi connectivity index (χ2v) is 9.59. The van der Waals surface area contributed by atoms with E-state index in [1.165, 1.54) is 32.1 Å². The van der Waals surface area contributed by atoms with Crippen molar-refractivity contribution in [1.82, 2.24) is 10.6 Å². The summed E-state index contributed by atoms with van der Waals surface area (Å²) in [5.41, 5.74) is 0.474. The van der Waals surface area contributed by atoms with Gasteiger partial charge in [-0.15, -0.1) is 0 Å². The highest BCUT2D eigenvalue weighted by atomic mass is 16.5. The first-order chi connectivity index (χ1) is 14.0. The molecule has 4 saturated carbocycles. The van der Waals surface area contributed by atoms with Crippen LogP contribution in [0.2, 0.25) is 0 Å². The lowest BCUT2D eigenvalue weighted by Gasteiger charge is -2.54. The largest absolute Gasteiger partial charge is 0.493 e. The minimum atomic E-state index is -0.547. The molecule has 4 fully saturated rings. The van der Waals surface area contributed by atoms with Gasteiger partial charge in [0.05, 0.1) is 12.2 Å². The Bertz CT molecular complexity index is 732. The molecule has 0 radical (unpaired) electrons. The summed E-state index contributed by atoms with van der Waals surface area (Å²) in [6.45, 7) is 6.35. The number of nitrogens with one attached hydrogen (secondary N) is 2. The van der Waals surface area contributed by atoms with Gasteiger partial charge in [-0.05, 0) is 80.8 Å². The molecule has 0 spiro atoms. The third-order valence-corrected chi connectivity index (χ3v) is 7.20. The maximum absolute atomic E-state index is 13.2. The molecule has 0 heterocycles. The number of carbonyl (C=O) groups is 2. The molecule has 1 aromatic carbocycles. The Hall–Kier alpha value is -2.04. The van der Waals surface area contributed by atoms with Crippen LogP contribution in [0, 0.1) is 29.6 Å². The summed E-state index contributed by atoms with van der Waals surface area (Å²) in [5.74, 6) is 3.26. The van der Waals surface area contributed by atoms with Gasteiger partial charge in [0.25, 0.3) is 5.91 Å². The van der Waals surface area contributed by atoms with Gasteiger partial charge in [0.1, 0.15) is 11.8 Å². The highest BCUT2D eigenvalue weighted by Crippen LogP contribution is 2.53. The third-order valence-electron chi connectivity index (χ3n) is 7.20. The van der Waals surface area contributed by atoms with E-state index in [9.17, 15) is 9.59 Å². The molecule has 5 nitrogen and oxygen atoms in total. The highest BCUT2D eigenvalue weighted by Gasteiger charge is 2.49. The summed E-state index contributed by atoms with van der Waals surface area (Å²) < 4.78 is 5.59. The van der Waals surface area contributed by atoms with Crippen molar-refractivity contribution in [3.63, 3.8) is 0 Å². The predicted molar refractivity (Wildman–Crippen MR) is 113 cm³/mol. The Morgan fingerprint density at radius 1 is 1.03 bits per heavy atom. The van der Waals surface area contributed by atoms with E-state index in [1.54, 1.807) is 12.1 Å². The van der Waals surface area contributed by atoms with E-state index in [4.69, 9.17) is 4.74 Å². The van der Waals surface area contributed by atoms with Crippen molar-refractivity contribution in [3.05, 3.63) is 29.8 Å². The number of para-hydroxylation sites is 1. The van der Waals surface area contributed by atoms with Crippen LogP contribution in [-0.2, 0) is 4.79 Å². The van der Waals surface area contributed by atoms with E-state index < -0.39 is 6.04 Å². The van der Waals surface area contributed by atoms with Gasteiger partial charge in [0.2, 0.25) is 5.91 Å². The molecule has 2 amide bonds. The van der Waals surface area contributed by atoms with Crippen LogP contribution in [0.1, 0.15) is 63.2 Å². The predicted octanol–water partition coefficient (Wildman–Crippen LogP) is 3.78. The molecule has 0 aromatic heterocycles. The fraction of sp³-hybridized carbons (Fsp3) is 0.667. The molecule has 4 bridgehead atoms.